The van der Waals surface area contributed by atoms with Crippen LogP contribution in [0.4, 0.5) is 13.2 Å². The smallest absolute Gasteiger partial charge is 0.262 e. The second kappa shape index (κ2) is 6.08. The van der Waals surface area contributed by atoms with E-state index in [2.05, 4.69) is 10.6 Å². The van der Waals surface area contributed by atoms with Gasteiger partial charge in [0.2, 0.25) is 5.91 Å². The lowest BCUT2D eigenvalue weighted by molar-refractivity contribution is -0.123. The number of hydrogen-bond acceptors (Lipinski definition) is 2. The van der Waals surface area contributed by atoms with Crippen LogP contribution in [0.25, 0.3) is 0 Å². The summed E-state index contributed by atoms with van der Waals surface area (Å²) in [6.45, 7) is 3.39. The van der Waals surface area contributed by atoms with Crippen LogP contribution in [0.5, 0.6) is 0 Å². The number of rotatable bonds is 4. The fourth-order valence-corrected chi connectivity index (χ4v) is 2.89. The molecule has 1 heterocycles. The summed E-state index contributed by atoms with van der Waals surface area (Å²) in [5.41, 5.74) is 0.127. The van der Waals surface area contributed by atoms with Gasteiger partial charge in [0.05, 0.1) is 12.6 Å². The summed E-state index contributed by atoms with van der Waals surface area (Å²) in [6, 6.07) is 3.17. The molecule has 0 radical (unpaired) electrons. The van der Waals surface area contributed by atoms with Crippen molar-refractivity contribution in [1.29, 1.82) is 0 Å². The van der Waals surface area contributed by atoms with Crippen LogP contribution in [0, 0.1) is 5.82 Å². The van der Waals surface area contributed by atoms with Crippen LogP contribution in [-0.4, -0.2) is 31.0 Å². The standard InChI is InChI=1S/C15H18ClF3N2O/c1-14(2,10-4-3-9(17)5-11(10)16)7-21-13(22)12-6-15(18,19)8-20-12/h3-5,12,20H,6-8H2,1-2H3,(H,21,22). The number of benzene rings is 1. The maximum atomic E-state index is 13.1. The van der Waals surface area contributed by atoms with Gasteiger partial charge in [-0.2, -0.15) is 0 Å². The van der Waals surface area contributed by atoms with Crippen LogP contribution in [0.15, 0.2) is 18.2 Å². The Morgan fingerprint density at radius 1 is 1.50 bits per heavy atom. The Morgan fingerprint density at radius 3 is 2.73 bits per heavy atom. The van der Waals surface area contributed by atoms with Gasteiger partial charge in [-0.25, -0.2) is 13.2 Å². The van der Waals surface area contributed by atoms with Gasteiger partial charge >= 0.3 is 0 Å². The van der Waals surface area contributed by atoms with Crippen molar-refractivity contribution in [2.24, 2.45) is 0 Å². The zero-order valence-corrected chi connectivity index (χ0v) is 13.1. The van der Waals surface area contributed by atoms with Gasteiger partial charge in [0.15, 0.2) is 0 Å². The molecule has 1 fully saturated rings. The average Bonchev–Trinajstić information content (AvgIpc) is 2.76. The second-order valence-corrected chi connectivity index (χ2v) is 6.63. The molecule has 1 atom stereocenters. The van der Waals surface area contributed by atoms with E-state index in [0.29, 0.717) is 5.56 Å². The molecule has 1 aromatic carbocycles. The predicted molar refractivity (Wildman–Crippen MR) is 78.8 cm³/mol. The van der Waals surface area contributed by atoms with Crippen LogP contribution in [0.3, 0.4) is 0 Å². The number of nitrogens with one attached hydrogen (secondary N) is 2. The number of hydrogen-bond donors (Lipinski definition) is 2. The molecule has 1 saturated heterocycles. The zero-order chi connectivity index (χ0) is 16.5. The molecule has 2 N–H and O–H groups in total. The van der Waals surface area contributed by atoms with Crippen molar-refractivity contribution >= 4 is 17.5 Å². The number of halogens is 4. The van der Waals surface area contributed by atoms with Gasteiger partial charge in [-0.05, 0) is 17.7 Å². The van der Waals surface area contributed by atoms with Crippen LogP contribution < -0.4 is 10.6 Å². The van der Waals surface area contributed by atoms with E-state index in [1.165, 1.54) is 12.1 Å². The third-order valence-electron chi connectivity index (χ3n) is 3.79. The minimum absolute atomic E-state index is 0.209. The lowest BCUT2D eigenvalue weighted by atomic mass is 9.84. The molecule has 1 aromatic rings. The van der Waals surface area contributed by atoms with Crippen molar-refractivity contribution in [1.82, 2.24) is 10.6 Å². The Morgan fingerprint density at radius 2 is 2.18 bits per heavy atom. The third-order valence-corrected chi connectivity index (χ3v) is 4.10. The maximum Gasteiger partial charge on any atom is 0.262 e. The van der Waals surface area contributed by atoms with E-state index in [1.807, 2.05) is 13.8 Å². The first-order valence-electron chi connectivity index (χ1n) is 6.95. The molecular formula is C15H18ClF3N2O. The first kappa shape index (κ1) is 17.1. The highest BCUT2D eigenvalue weighted by atomic mass is 35.5. The fraction of sp³-hybridized carbons (Fsp3) is 0.533. The van der Waals surface area contributed by atoms with E-state index in [4.69, 9.17) is 11.6 Å². The van der Waals surface area contributed by atoms with Crippen molar-refractivity contribution in [3.05, 3.63) is 34.6 Å². The van der Waals surface area contributed by atoms with Crippen molar-refractivity contribution in [3.8, 4) is 0 Å². The maximum absolute atomic E-state index is 13.1. The Labute approximate surface area is 132 Å². The molecule has 1 aliphatic heterocycles. The predicted octanol–water partition coefficient (Wildman–Crippen LogP) is 2.87. The summed E-state index contributed by atoms with van der Waals surface area (Å²) in [5.74, 6) is -3.76. The molecule has 0 saturated carbocycles. The molecular weight excluding hydrogens is 317 g/mol. The number of carbonyl (C=O) groups is 1. The van der Waals surface area contributed by atoms with Crippen molar-refractivity contribution in [2.45, 2.75) is 37.6 Å². The molecule has 1 unspecified atom stereocenters. The highest BCUT2D eigenvalue weighted by molar-refractivity contribution is 6.31. The largest absolute Gasteiger partial charge is 0.354 e. The van der Waals surface area contributed by atoms with E-state index < -0.39 is 42.1 Å². The van der Waals surface area contributed by atoms with Gasteiger partial charge in [-0.15, -0.1) is 0 Å². The molecule has 7 heteroatoms. The zero-order valence-electron chi connectivity index (χ0n) is 12.4. The second-order valence-electron chi connectivity index (χ2n) is 6.22. The molecule has 1 aliphatic rings. The minimum atomic E-state index is -2.85. The Hall–Kier alpha value is -1.27. The molecule has 0 aliphatic carbocycles. The van der Waals surface area contributed by atoms with Crippen LogP contribution in [-0.2, 0) is 10.2 Å². The highest BCUT2D eigenvalue weighted by Gasteiger charge is 2.42. The first-order valence-corrected chi connectivity index (χ1v) is 7.33. The van der Waals surface area contributed by atoms with Gasteiger partial charge in [-0.3, -0.25) is 10.1 Å². The molecule has 2 rings (SSSR count). The summed E-state index contributed by atoms with van der Waals surface area (Å²) >= 11 is 6.03. The Bertz CT molecular complexity index is 578. The van der Waals surface area contributed by atoms with Gasteiger partial charge in [0.1, 0.15) is 5.82 Å². The third kappa shape index (κ3) is 3.93. The molecule has 0 bridgehead atoms. The molecule has 122 valence electrons. The van der Waals surface area contributed by atoms with Crippen LogP contribution >= 0.6 is 11.6 Å². The van der Waals surface area contributed by atoms with Gasteiger partial charge < -0.3 is 5.32 Å². The number of alkyl halides is 2. The van der Waals surface area contributed by atoms with Crippen LogP contribution in [0.1, 0.15) is 25.8 Å². The summed E-state index contributed by atoms with van der Waals surface area (Å²) in [4.78, 5) is 12.0. The molecule has 22 heavy (non-hydrogen) atoms. The van der Waals surface area contributed by atoms with Crippen molar-refractivity contribution in [3.63, 3.8) is 0 Å². The van der Waals surface area contributed by atoms with Gasteiger partial charge in [-0.1, -0.05) is 31.5 Å². The molecule has 3 nitrogen and oxygen atoms in total. The summed E-state index contributed by atoms with van der Waals surface area (Å²) in [6.07, 6.45) is -0.503. The van der Waals surface area contributed by atoms with E-state index in [1.54, 1.807) is 6.07 Å². The lowest BCUT2D eigenvalue weighted by Crippen LogP contribution is -2.45. The normalized spacial score (nSPS) is 20.9. The average molecular weight is 335 g/mol. The number of amides is 1. The fourth-order valence-electron chi connectivity index (χ4n) is 2.47. The summed E-state index contributed by atoms with van der Waals surface area (Å²) < 4.78 is 39.3. The molecule has 0 spiro atoms. The molecule has 0 aromatic heterocycles. The van der Waals surface area contributed by atoms with E-state index in [0.717, 1.165) is 0 Å². The van der Waals surface area contributed by atoms with Crippen LogP contribution in [0.2, 0.25) is 5.02 Å². The number of carbonyl (C=O) groups excluding carboxylic acids is 1. The minimum Gasteiger partial charge on any atom is -0.354 e. The Kier molecular flexibility index (Phi) is 4.73. The van der Waals surface area contributed by atoms with E-state index in [9.17, 15) is 18.0 Å². The highest BCUT2D eigenvalue weighted by Crippen LogP contribution is 2.30. The quantitative estimate of drug-likeness (QED) is 0.889. The van der Waals surface area contributed by atoms with Crippen molar-refractivity contribution in [2.75, 3.05) is 13.1 Å². The molecule has 1 amide bonds. The SMILES string of the molecule is CC(C)(CNC(=O)C1CC(F)(F)CN1)c1ccc(F)cc1Cl. The van der Waals surface area contributed by atoms with E-state index in [-0.39, 0.29) is 11.6 Å². The first-order chi connectivity index (χ1) is 10.1. The summed E-state index contributed by atoms with van der Waals surface area (Å²) in [5, 5.41) is 5.43. The Balaban J connectivity index is 1.99. The van der Waals surface area contributed by atoms with Gasteiger partial charge in [0.25, 0.3) is 5.92 Å². The lowest BCUT2D eigenvalue weighted by Gasteiger charge is -2.27. The van der Waals surface area contributed by atoms with Gasteiger partial charge in [0, 0.05) is 23.4 Å². The summed E-state index contributed by atoms with van der Waals surface area (Å²) in [7, 11) is 0. The monoisotopic (exact) mass is 334 g/mol. The topological polar surface area (TPSA) is 41.1 Å². The van der Waals surface area contributed by atoms with E-state index >= 15 is 0 Å². The van der Waals surface area contributed by atoms with Crippen molar-refractivity contribution < 1.29 is 18.0 Å².